The van der Waals surface area contributed by atoms with Gasteiger partial charge < -0.3 is 24.3 Å². The summed E-state index contributed by atoms with van der Waals surface area (Å²) in [4.78, 5) is 2.15. The molecule has 0 aliphatic carbocycles. The molecular formula is C22H22FN3O2S. The summed E-state index contributed by atoms with van der Waals surface area (Å²) in [5, 5.41) is 3.83. The van der Waals surface area contributed by atoms with Gasteiger partial charge in [-0.05, 0) is 66.3 Å². The average molecular weight is 412 g/mol. The second-order valence-electron chi connectivity index (χ2n) is 6.77. The Hall–Kier alpha value is -3.06. The molecule has 1 aliphatic rings. The van der Waals surface area contributed by atoms with Crippen LogP contribution in [0.25, 0.3) is 0 Å². The van der Waals surface area contributed by atoms with Crippen molar-refractivity contribution in [2.45, 2.75) is 12.6 Å². The van der Waals surface area contributed by atoms with Crippen LogP contribution in [-0.4, -0.2) is 35.3 Å². The van der Waals surface area contributed by atoms with Crippen molar-refractivity contribution in [2.75, 3.05) is 26.1 Å². The lowest BCUT2D eigenvalue weighted by Crippen LogP contribution is -2.44. The lowest BCUT2D eigenvalue weighted by molar-refractivity contribution is 0.291. The van der Waals surface area contributed by atoms with Gasteiger partial charge >= 0.3 is 0 Å². The molecule has 0 unspecified atom stereocenters. The molecule has 0 fully saturated rings. The van der Waals surface area contributed by atoms with E-state index < -0.39 is 0 Å². The predicted molar refractivity (Wildman–Crippen MR) is 115 cm³/mol. The Morgan fingerprint density at radius 1 is 1.03 bits per heavy atom. The molecule has 29 heavy (non-hydrogen) atoms. The molecule has 2 aromatic carbocycles. The van der Waals surface area contributed by atoms with Crippen LogP contribution in [0.4, 0.5) is 10.1 Å². The van der Waals surface area contributed by atoms with Crippen molar-refractivity contribution in [3.63, 3.8) is 0 Å². The molecule has 150 valence electrons. The first-order valence-corrected chi connectivity index (χ1v) is 9.71. The fraction of sp³-hybridized carbons (Fsp3) is 0.227. The van der Waals surface area contributed by atoms with Gasteiger partial charge in [0.2, 0.25) is 0 Å². The van der Waals surface area contributed by atoms with Gasteiger partial charge in [0.25, 0.3) is 0 Å². The molecule has 5 nitrogen and oxygen atoms in total. The van der Waals surface area contributed by atoms with Gasteiger partial charge in [-0.2, -0.15) is 0 Å². The number of halogens is 1. The van der Waals surface area contributed by atoms with Crippen molar-refractivity contribution in [1.82, 2.24) is 9.47 Å². The molecule has 0 bridgehead atoms. The van der Waals surface area contributed by atoms with Crippen molar-refractivity contribution in [3.8, 4) is 11.5 Å². The lowest BCUT2D eigenvalue weighted by Gasteiger charge is -2.39. The highest BCUT2D eigenvalue weighted by atomic mass is 32.1. The average Bonchev–Trinajstić information content (AvgIpc) is 3.23. The van der Waals surface area contributed by atoms with E-state index in [4.69, 9.17) is 21.7 Å². The second kappa shape index (κ2) is 8.13. The molecule has 1 N–H and O–H groups in total. The fourth-order valence-corrected chi connectivity index (χ4v) is 4.02. The highest BCUT2D eigenvalue weighted by Crippen LogP contribution is 2.37. The van der Waals surface area contributed by atoms with Crippen molar-refractivity contribution < 1.29 is 13.9 Å². The van der Waals surface area contributed by atoms with E-state index in [0.29, 0.717) is 16.6 Å². The SMILES string of the molecule is COc1ccc([C@@H]2c3cccn3CCN2C(=S)Nc2ccc(F)cc2)cc1OC. The summed E-state index contributed by atoms with van der Waals surface area (Å²) in [7, 11) is 3.25. The fourth-order valence-electron chi connectivity index (χ4n) is 3.70. The normalized spacial score (nSPS) is 15.6. The van der Waals surface area contributed by atoms with Gasteiger partial charge in [0.15, 0.2) is 16.6 Å². The van der Waals surface area contributed by atoms with Gasteiger partial charge in [0, 0.05) is 30.7 Å². The molecule has 0 saturated heterocycles. The van der Waals surface area contributed by atoms with Crippen LogP contribution in [0.5, 0.6) is 11.5 Å². The second-order valence-corrected chi connectivity index (χ2v) is 7.16. The van der Waals surface area contributed by atoms with Gasteiger partial charge in [0.1, 0.15) is 5.82 Å². The monoisotopic (exact) mass is 411 g/mol. The molecule has 1 aromatic heterocycles. The molecule has 0 radical (unpaired) electrons. The third-order valence-corrected chi connectivity index (χ3v) is 5.45. The zero-order valence-electron chi connectivity index (χ0n) is 16.3. The number of methoxy groups -OCH3 is 2. The Morgan fingerprint density at radius 3 is 2.52 bits per heavy atom. The third-order valence-electron chi connectivity index (χ3n) is 5.12. The summed E-state index contributed by atoms with van der Waals surface area (Å²) in [6.45, 7) is 1.57. The smallest absolute Gasteiger partial charge is 0.174 e. The predicted octanol–water partition coefficient (Wildman–Crippen LogP) is 4.45. The number of ether oxygens (including phenoxy) is 2. The van der Waals surface area contributed by atoms with Gasteiger partial charge in [-0.15, -0.1) is 0 Å². The number of nitrogens with zero attached hydrogens (tertiary/aromatic N) is 2. The van der Waals surface area contributed by atoms with E-state index in [9.17, 15) is 4.39 Å². The molecular weight excluding hydrogens is 389 g/mol. The number of nitrogens with one attached hydrogen (secondary N) is 1. The largest absolute Gasteiger partial charge is 0.493 e. The minimum Gasteiger partial charge on any atom is -0.493 e. The summed E-state index contributed by atoms with van der Waals surface area (Å²) in [6.07, 6.45) is 2.08. The maximum absolute atomic E-state index is 13.2. The summed E-state index contributed by atoms with van der Waals surface area (Å²) < 4.78 is 26.4. The highest BCUT2D eigenvalue weighted by Gasteiger charge is 2.31. The van der Waals surface area contributed by atoms with Crippen molar-refractivity contribution in [2.24, 2.45) is 0 Å². The number of hydrogen-bond acceptors (Lipinski definition) is 3. The van der Waals surface area contributed by atoms with Crippen LogP contribution in [0.3, 0.4) is 0 Å². The summed E-state index contributed by atoms with van der Waals surface area (Å²) >= 11 is 5.73. The van der Waals surface area contributed by atoms with Crippen molar-refractivity contribution in [1.29, 1.82) is 0 Å². The Labute approximate surface area is 174 Å². The van der Waals surface area contributed by atoms with Crippen molar-refractivity contribution in [3.05, 3.63) is 77.9 Å². The van der Waals surface area contributed by atoms with Crippen LogP contribution in [0.15, 0.2) is 60.8 Å². The topological polar surface area (TPSA) is 38.7 Å². The zero-order chi connectivity index (χ0) is 20.4. The molecule has 3 aromatic rings. The van der Waals surface area contributed by atoms with E-state index in [1.54, 1.807) is 26.4 Å². The van der Waals surface area contributed by atoms with Gasteiger partial charge in [-0.3, -0.25) is 0 Å². The zero-order valence-corrected chi connectivity index (χ0v) is 17.1. The minimum absolute atomic E-state index is 0.0843. The Kier molecular flexibility index (Phi) is 5.40. The molecule has 1 atom stereocenters. The molecule has 4 rings (SSSR count). The van der Waals surface area contributed by atoms with E-state index in [-0.39, 0.29) is 11.9 Å². The number of aromatic nitrogens is 1. The standard InChI is InChI=1S/C22H22FN3O2S/c1-27-19-10-5-15(14-20(19)28-2)21-18-4-3-11-25(18)12-13-26(21)22(29)24-17-8-6-16(23)7-9-17/h3-11,14,21H,12-13H2,1-2H3,(H,24,29)/t21-/m1/s1. The van der Waals surface area contributed by atoms with Crippen molar-refractivity contribution >= 4 is 23.0 Å². The molecule has 1 aliphatic heterocycles. The van der Waals surface area contributed by atoms with Gasteiger partial charge in [-0.1, -0.05) is 6.07 Å². The van der Waals surface area contributed by atoms with E-state index >= 15 is 0 Å². The van der Waals surface area contributed by atoms with Gasteiger partial charge in [-0.25, -0.2) is 4.39 Å². The van der Waals surface area contributed by atoms with E-state index in [1.165, 1.54) is 12.1 Å². The first-order chi connectivity index (χ1) is 14.1. The van der Waals surface area contributed by atoms with Crippen LogP contribution in [0.1, 0.15) is 17.3 Å². The summed E-state index contributed by atoms with van der Waals surface area (Å²) in [5.74, 6) is 1.08. The van der Waals surface area contributed by atoms with Crippen LogP contribution in [0.2, 0.25) is 0 Å². The number of hydrogen-bond donors (Lipinski definition) is 1. The third kappa shape index (κ3) is 3.78. The Morgan fingerprint density at radius 2 is 1.79 bits per heavy atom. The molecule has 0 amide bonds. The maximum Gasteiger partial charge on any atom is 0.174 e. The first-order valence-electron chi connectivity index (χ1n) is 9.31. The molecule has 0 saturated carbocycles. The van der Waals surface area contributed by atoms with Crippen LogP contribution in [0, 0.1) is 5.82 Å². The Balaban J connectivity index is 1.69. The number of fused-ring (bicyclic) bond motifs is 1. The lowest BCUT2D eigenvalue weighted by atomic mass is 9.99. The summed E-state index contributed by atoms with van der Waals surface area (Å²) in [5.41, 5.74) is 2.95. The first kappa shape index (κ1) is 19.3. The van der Waals surface area contributed by atoms with Gasteiger partial charge in [0.05, 0.1) is 20.3 Å². The molecule has 2 heterocycles. The summed E-state index contributed by atoms with van der Waals surface area (Å²) in [6, 6.07) is 16.2. The molecule has 0 spiro atoms. The van der Waals surface area contributed by atoms with E-state index in [2.05, 4.69) is 27.0 Å². The number of thiocarbonyl (C=S) groups is 1. The quantitative estimate of drug-likeness (QED) is 0.643. The highest BCUT2D eigenvalue weighted by molar-refractivity contribution is 7.80. The number of benzene rings is 2. The van der Waals surface area contributed by atoms with Crippen LogP contribution < -0.4 is 14.8 Å². The Bertz CT molecular complexity index is 1020. The maximum atomic E-state index is 13.2. The number of rotatable bonds is 4. The van der Waals surface area contributed by atoms with E-state index in [1.807, 2.05) is 24.3 Å². The van der Waals surface area contributed by atoms with Crippen LogP contribution >= 0.6 is 12.2 Å². The molecule has 7 heteroatoms. The van der Waals surface area contributed by atoms with Crippen LogP contribution in [-0.2, 0) is 6.54 Å². The number of anilines is 1. The minimum atomic E-state index is -0.277. The van der Waals surface area contributed by atoms with E-state index in [0.717, 1.165) is 30.0 Å².